The van der Waals surface area contributed by atoms with Crippen LogP contribution in [-0.2, 0) is 0 Å². The fourth-order valence-corrected chi connectivity index (χ4v) is 2.92. The molecule has 0 amide bonds. The smallest absolute Gasteiger partial charge is 0.129 e. The molecule has 0 saturated carbocycles. The molecular formula is C16H17BrFN. The summed E-state index contributed by atoms with van der Waals surface area (Å²) >= 11 is 3.26. The maximum Gasteiger partial charge on any atom is 0.129 e. The van der Waals surface area contributed by atoms with Crippen LogP contribution < -0.4 is 5.73 Å². The summed E-state index contributed by atoms with van der Waals surface area (Å²) in [7, 11) is 0. The fourth-order valence-electron chi connectivity index (χ4n) is 2.59. The molecule has 1 atom stereocenters. The normalized spacial score (nSPS) is 12.5. The van der Waals surface area contributed by atoms with Gasteiger partial charge >= 0.3 is 0 Å². The second kappa shape index (κ2) is 5.43. The van der Waals surface area contributed by atoms with Gasteiger partial charge in [0.25, 0.3) is 0 Å². The molecule has 19 heavy (non-hydrogen) atoms. The van der Waals surface area contributed by atoms with Gasteiger partial charge in [0.05, 0.1) is 6.04 Å². The van der Waals surface area contributed by atoms with E-state index in [0.29, 0.717) is 5.56 Å². The van der Waals surface area contributed by atoms with Crippen molar-refractivity contribution in [3.05, 3.63) is 68.4 Å². The van der Waals surface area contributed by atoms with Crippen molar-refractivity contribution < 1.29 is 4.39 Å². The van der Waals surface area contributed by atoms with Crippen molar-refractivity contribution in [2.75, 3.05) is 0 Å². The van der Waals surface area contributed by atoms with E-state index in [4.69, 9.17) is 5.73 Å². The number of aryl methyl sites for hydroxylation is 3. The molecule has 1 nitrogen and oxygen atoms in total. The van der Waals surface area contributed by atoms with Gasteiger partial charge < -0.3 is 5.73 Å². The minimum absolute atomic E-state index is 0.277. The lowest BCUT2D eigenvalue weighted by atomic mass is 9.90. The third-order valence-corrected chi connectivity index (χ3v) is 3.84. The van der Waals surface area contributed by atoms with E-state index in [2.05, 4.69) is 35.0 Å². The minimum atomic E-state index is -0.436. The van der Waals surface area contributed by atoms with E-state index < -0.39 is 6.04 Å². The fraction of sp³-hybridized carbons (Fsp3) is 0.250. The first kappa shape index (κ1) is 14.2. The number of hydrogen-bond donors (Lipinski definition) is 1. The van der Waals surface area contributed by atoms with Crippen molar-refractivity contribution in [2.24, 2.45) is 5.73 Å². The highest BCUT2D eigenvalue weighted by molar-refractivity contribution is 9.10. The predicted octanol–water partition coefficient (Wildman–Crippen LogP) is 4.56. The van der Waals surface area contributed by atoms with Gasteiger partial charge in [-0.15, -0.1) is 0 Å². The molecule has 1 unspecified atom stereocenters. The molecule has 0 heterocycles. The number of hydrogen-bond acceptors (Lipinski definition) is 1. The van der Waals surface area contributed by atoms with Gasteiger partial charge in [0.15, 0.2) is 0 Å². The minimum Gasteiger partial charge on any atom is -0.320 e. The molecule has 0 bridgehead atoms. The highest BCUT2D eigenvalue weighted by atomic mass is 79.9. The van der Waals surface area contributed by atoms with Crippen molar-refractivity contribution in [2.45, 2.75) is 26.8 Å². The Morgan fingerprint density at radius 2 is 1.63 bits per heavy atom. The highest BCUT2D eigenvalue weighted by Gasteiger charge is 2.17. The van der Waals surface area contributed by atoms with Gasteiger partial charge in [0.2, 0.25) is 0 Å². The molecule has 0 fully saturated rings. The zero-order valence-electron chi connectivity index (χ0n) is 11.3. The van der Waals surface area contributed by atoms with E-state index >= 15 is 0 Å². The van der Waals surface area contributed by atoms with E-state index in [1.54, 1.807) is 6.07 Å². The topological polar surface area (TPSA) is 26.0 Å². The number of benzene rings is 2. The zero-order valence-corrected chi connectivity index (χ0v) is 12.9. The molecule has 0 aliphatic carbocycles. The van der Waals surface area contributed by atoms with Crippen LogP contribution in [0.5, 0.6) is 0 Å². The van der Waals surface area contributed by atoms with Crippen LogP contribution in [0.1, 0.15) is 33.9 Å². The molecule has 0 saturated heterocycles. The SMILES string of the molecule is Cc1cc(C)c(C(N)c2ccc(Br)cc2F)c(C)c1. The Balaban J connectivity index is 2.53. The van der Waals surface area contributed by atoms with Crippen LogP contribution in [0.4, 0.5) is 4.39 Å². The van der Waals surface area contributed by atoms with E-state index in [0.717, 1.165) is 21.2 Å². The molecule has 2 N–H and O–H groups in total. The van der Waals surface area contributed by atoms with Gasteiger partial charge in [-0.3, -0.25) is 0 Å². The second-order valence-corrected chi connectivity index (χ2v) is 5.87. The number of halogens is 2. The largest absolute Gasteiger partial charge is 0.320 e. The quantitative estimate of drug-likeness (QED) is 0.862. The summed E-state index contributed by atoms with van der Waals surface area (Å²) in [4.78, 5) is 0. The lowest BCUT2D eigenvalue weighted by molar-refractivity contribution is 0.598. The molecule has 3 heteroatoms. The lowest BCUT2D eigenvalue weighted by Crippen LogP contribution is -2.16. The van der Waals surface area contributed by atoms with Crippen LogP contribution in [0, 0.1) is 26.6 Å². The highest BCUT2D eigenvalue weighted by Crippen LogP contribution is 2.29. The number of rotatable bonds is 2. The van der Waals surface area contributed by atoms with Gasteiger partial charge in [0, 0.05) is 10.0 Å². The first-order valence-corrected chi connectivity index (χ1v) is 6.97. The van der Waals surface area contributed by atoms with Crippen molar-refractivity contribution in [3.63, 3.8) is 0 Å². The molecule has 0 aliphatic heterocycles. The first-order chi connectivity index (χ1) is 8.90. The molecule has 2 aromatic carbocycles. The van der Waals surface area contributed by atoms with Crippen LogP contribution in [0.3, 0.4) is 0 Å². The first-order valence-electron chi connectivity index (χ1n) is 6.18. The van der Waals surface area contributed by atoms with Crippen molar-refractivity contribution in [3.8, 4) is 0 Å². The van der Waals surface area contributed by atoms with Crippen LogP contribution in [-0.4, -0.2) is 0 Å². The van der Waals surface area contributed by atoms with Gasteiger partial charge in [-0.05, 0) is 49.6 Å². The molecule has 0 aliphatic rings. The molecule has 0 spiro atoms. The Labute approximate surface area is 121 Å². The number of nitrogens with two attached hydrogens (primary N) is 1. The van der Waals surface area contributed by atoms with Crippen molar-refractivity contribution in [1.29, 1.82) is 0 Å². The Kier molecular flexibility index (Phi) is 4.07. The van der Waals surface area contributed by atoms with Crippen LogP contribution in [0.25, 0.3) is 0 Å². The summed E-state index contributed by atoms with van der Waals surface area (Å²) in [6, 6.07) is 8.74. The van der Waals surface area contributed by atoms with E-state index in [1.165, 1.54) is 11.6 Å². The molecule has 0 aromatic heterocycles. The van der Waals surface area contributed by atoms with Gasteiger partial charge in [0.1, 0.15) is 5.82 Å². The molecule has 2 aromatic rings. The summed E-state index contributed by atoms with van der Waals surface area (Å²) in [5.74, 6) is -0.277. The summed E-state index contributed by atoms with van der Waals surface area (Å²) in [6.45, 7) is 6.09. The average molecular weight is 322 g/mol. The summed E-state index contributed by atoms with van der Waals surface area (Å²) in [5, 5.41) is 0. The maximum atomic E-state index is 14.0. The third kappa shape index (κ3) is 2.88. The lowest BCUT2D eigenvalue weighted by Gasteiger charge is -2.19. The molecule has 2 rings (SSSR count). The standard InChI is InChI=1S/C16H17BrFN/c1-9-6-10(2)15(11(3)7-9)16(19)13-5-4-12(17)8-14(13)18/h4-8,16H,19H2,1-3H3. The van der Waals surface area contributed by atoms with Gasteiger partial charge in [-0.2, -0.15) is 0 Å². The Hall–Kier alpha value is -1.19. The second-order valence-electron chi connectivity index (χ2n) is 4.96. The summed E-state index contributed by atoms with van der Waals surface area (Å²) in [6.07, 6.45) is 0. The Morgan fingerprint density at radius 3 is 2.16 bits per heavy atom. The zero-order chi connectivity index (χ0) is 14.2. The summed E-state index contributed by atoms with van der Waals surface area (Å²) < 4.78 is 14.7. The summed E-state index contributed by atoms with van der Waals surface area (Å²) in [5.41, 5.74) is 11.2. The van der Waals surface area contributed by atoms with Gasteiger partial charge in [-0.25, -0.2) is 4.39 Å². The predicted molar refractivity (Wildman–Crippen MR) is 80.8 cm³/mol. The average Bonchev–Trinajstić information content (AvgIpc) is 2.26. The van der Waals surface area contributed by atoms with E-state index in [9.17, 15) is 4.39 Å². The third-order valence-electron chi connectivity index (χ3n) is 3.35. The Bertz CT molecular complexity index is 599. The molecule has 0 radical (unpaired) electrons. The molecule has 100 valence electrons. The van der Waals surface area contributed by atoms with E-state index in [1.807, 2.05) is 19.9 Å². The van der Waals surface area contributed by atoms with Crippen molar-refractivity contribution in [1.82, 2.24) is 0 Å². The van der Waals surface area contributed by atoms with E-state index in [-0.39, 0.29) is 5.82 Å². The monoisotopic (exact) mass is 321 g/mol. The Morgan fingerprint density at radius 1 is 1.05 bits per heavy atom. The van der Waals surface area contributed by atoms with Crippen LogP contribution >= 0.6 is 15.9 Å². The van der Waals surface area contributed by atoms with Crippen LogP contribution in [0.2, 0.25) is 0 Å². The van der Waals surface area contributed by atoms with Crippen LogP contribution in [0.15, 0.2) is 34.8 Å². The van der Waals surface area contributed by atoms with Crippen molar-refractivity contribution >= 4 is 15.9 Å². The maximum absolute atomic E-state index is 14.0. The van der Waals surface area contributed by atoms with Gasteiger partial charge in [-0.1, -0.05) is 39.7 Å². The molecular weight excluding hydrogens is 305 g/mol.